The molecule has 6 heteroatoms. The molecule has 5 nitrogen and oxygen atoms in total. The van der Waals surface area contributed by atoms with Gasteiger partial charge in [-0.15, -0.1) is 0 Å². The van der Waals surface area contributed by atoms with Gasteiger partial charge in [-0.05, 0) is 37.1 Å². The van der Waals surface area contributed by atoms with Crippen LogP contribution in [-0.2, 0) is 0 Å². The molecule has 1 aromatic carbocycles. The smallest absolute Gasteiger partial charge is 0.258 e. The van der Waals surface area contributed by atoms with Gasteiger partial charge in [-0.2, -0.15) is 0 Å². The lowest BCUT2D eigenvalue weighted by molar-refractivity contribution is 0.102. The monoisotopic (exact) mass is 316 g/mol. The van der Waals surface area contributed by atoms with Gasteiger partial charge in [-0.25, -0.2) is 14.4 Å². The fourth-order valence-electron chi connectivity index (χ4n) is 2.19. The van der Waals surface area contributed by atoms with Crippen molar-refractivity contribution in [2.75, 3.05) is 23.3 Å². The Bertz CT molecular complexity index is 622. The van der Waals surface area contributed by atoms with Crippen LogP contribution < -0.4 is 10.2 Å². The van der Waals surface area contributed by atoms with E-state index in [0.29, 0.717) is 17.2 Å². The Kier molecular flexibility index (Phi) is 6.02. The van der Waals surface area contributed by atoms with E-state index < -0.39 is 0 Å². The van der Waals surface area contributed by atoms with Gasteiger partial charge < -0.3 is 10.2 Å². The minimum Gasteiger partial charge on any atom is -0.341 e. The number of halogens is 1. The van der Waals surface area contributed by atoms with Crippen LogP contribution in [0.25, 0.3) is 0 Å². The van der Waals surface area contributed by atoms with Crippen LogP contribution in [0.1, 0.15) is 37.0 Å². The first kappa shape index (κ1) is 16.9. The number of aromatic nitrogens is 2. The minimum absolute atomic E-state index is 0.319. The molecule has 1 N–H and O–H groups in total. The van der Waals surface area contributed by atoms with Crippen LogP contribution in [0.3, 0.4) is 0 Å². The lowest BCUT2D eigenvalue weighted by atomic mass is 10.2. The molecule has 2 aromatic rings. The van der Waals surface area contributed by atoms with Crippen molar-refractivity contribution in [3.63, 3.8) is 0 Å². The summed E-state index contributed by atoms with van der Waals surface area (Å²) in [5.74, 6) is -0.0321. The van der Waals surface area contributed by atoms with E-state index >= 15 is 0 Å². The Morgan fingerprint density at radius 2 is 1.65 bits per heavy atom. The number of rotatable bonds is 7. The lowest BCUT2D eigenvalue weighted by Gasteiger charge is -2.21. The third kappa shape index (κ3) is 4.74. The summed E-state index contributed by atoms with van der Waals surface area (Å²) >= 11 is 0. The van der Waals surface area contributed by atoms with Crippen molar-refractivity contribution in [2.45, 2.75) is 26.7 Å². The second-order valence-electron chi connectivity index (χ2n) is 5.22. The summed E-state index contributed by atoms with van der Waals surface area (Å²) < 4.78 is 12.9. The number of amides is 1. The number of hydrogen-bond donors (Lipinski definition) is 1. The molecule has 1 amide bonds. The number of hydrogen-bond acceptors (Lipinski definition) is 4. The molecule has 0 aliphatic heterocycles. The number of nitrogens with one attached hydrogen (secondary N) is 1. The van der Waals surface area contributed by atoms with E-state index in [9.17, 15) is 9.18 Å². The number of carbonyl (C=O) groups excluding carboxylic acids is 1. The van der Waals surface area contributed by atoms with Crippen LogP contribution in [0, 0.1) is 5.82 Å². The highest BCUT2D eigenvalue weighted by Crippen LogP contribution is 2.12. The zero-order valence-corrected chi connectivity index (χ0v) is 13.4. The molecule has 0 unspecified atom stereocenters. The zero-order chi connectivity index (χ0) is 16.7. The molecular weight excluding hydrogens is 295 g/mol. The fraction of sp³-hybridized carbons (Fsp3) is 0.353. The summed E-state index contributed by atoms with van der Waals surface area (Å²) in [4.78, 5) is 22.8. The molecule has 0 atom stereocenters. The van der Waals surface area contributed by atoms with E-state index in [2.05, 4.69) is 34.0 Å². The van der Waals surface area contributed by atoms with E-state index in [1.54, 1.807) is 0 Å². The highest BCUT2D eigenvalue weighted by molar-refractivity contribution is 6.03. The first-order valence-corrected chi connectivity index (χ1v) is 7.78. The third-order valence-corrected chi connectivity index (χ3v) is 3.27. The molecule has 0 saturated carbocycles. The quantitative estimate of drug-likeness (QED) is 0.849. The summed E-state index contributed by atoms with van der Waals surface area (Å²) in [7, 11) is 0. The van der Waals surface area contributed by atoms with E-state index in [4.69, 9.17) is 0 Å². The van der Waals surface area contributed by atoms with Gasteiger partial charge in [0.05, 0.1) is 5.56 Å². The van der Waals surface area contributed by atoms with Crippen molar-refractivity contribution >= 4 is 17.5 Å². The minimum atomic E-state index is -0.345. The number of carbonyl (C=O) groups is 1. The van der Waals surface area contributed by atoms with Crippen LogP contribution in [0.4, 0.5) is 16.0 Å². The van der Waals surface area contributed by atoms with E-state index in [-0.39, 0.29) is 11.7 Å². The van der Waals surface area contributed by atoms with Crippen molar-refractivity contribution in [1.82, 2.24) is 9.97 Å². The molecule has 122 valence electrons. The van der Waals surface area contributed by atoms with Gasteiger partial charge in [0.15, 0.2) is 0 Å². The molecule has 1 heterocycles. The van der Waals surface area contributed by atoms with Gasteiger partial charge in [-0.1, -0.05) is 13.8 Å². The average Bonchev–Trinajstić information content (AvgIpc) is 2.57. The van der Waals surface area contributed by atoms with Crippen LogP contribution >= 0.6 is 0 Å². The SMILES string of the molecule is CCCN(CCC)c1ncc(C(=O)Nc2ccc(F)cc2)cn1. The molecule has 2 rings (SSSR count). The molecular formula is C17H21FN4O. The first-order valence-electron chi connectivity index (χ1n) is 7.78. The molecule has 0 bridgehead atoms. The largest absolute Gasteiger partial charge is 0.341 e. The third-order valence-electron chi connectivity index (χ3n) is 3.27. The second kappa shape index (κ2) is 8.22. The molecule has 0 aliphatic rings. The Hall–Kier alpha value is -2.50. The molecule has 0 saturated heterocycles. The molecule has 0 radical (unpaired) electrons. The van der Waals surface area contributed by atoms with E-state index in [0.717, 1.165) is 25.9 Å². The normalized spacial score (nSPS) is 10.4. The fourth-order valence-corrected chi connectivity index (χ4v) is 2.19. The lowest BCUT2D eigenvalue weighted by Crippen LogP contribution is -2.27. The van der Waals surface area contributed by atoms with Crippen molar-refractivity contribution in [3.05, 3.63) is 48.0 Å². The molecule has 1 aromatic heterocycles. The van der Waals surface area contributed by atoms with Gasteiger partial charge in [0.1, 0.15) is 5.82 Å². The number of nitrogens with zero attached hydrogens (tertiary/aromatic N) is 3. The van der Waals surface area contributed by atoms with Crippen LogP contribution in [-0.4, -0.2) is 29.0 Å². The van der Waals surface area contributed by atoms with Gasteiger partial charge in [0.2, 0.25) is 5.95 Å². The Morgan fingerprint density at radius 1 is 1.09 bits per heavy atom. The second-order valence-corrected chi connectivity index (χ2v) is 5.22. The summed E-state index contributed by atoms with van der Waals surface area (Å²) in [6.07, 6.45) is 5.05. The molecule has 0 spiro atoms. The average molecular weight is 316 g/mol. The maximum atomic E-state index is 12.9. The zero-order valence-electron chi connectivity index (χ0n) is 13.4. The topological polar surface area (TPSA) is 58.1 Å². The van der Waals surface area contributed by atoms with Gasteiger partial charge in [0.25, 0.3) is 5.91 Å². The predicted octanol–water partition coefficient (Wildman–Crippen LogP) is 3.49. The molecule has 23 heavy (non-hydrogen) atoms. The van der Waals surface area contributed by atoms with Crippen LogP contribution in [0.2, 0.25) is 0 Å². The Labute approximate surface area is 135 Å². The summed E-state index contributed by atoms with van der Waals surface area (Å²) in [6, 6.07) is 5.60. The van der Waals surface area contributed by atoms with Crippen LogP contribution in [0.5, 0.6) is 0 Å². The maximum Gasteiger partial charge on any atom is 0.258 e. The summed E-state index contributed by atoms with van der Waals surface area (Å²) in [5.41, 5.74) is 0.894. The highest BCUT2D eigenvalue weighted by atomic mass is 19.1. The van der Waals surface area contributed by atoms with E-state index in [1.807, 2.05) is 0 Å². The van der Waals surface area contributed by atoms with Crippen molar-refractivity contribution in [2.24, 2.45) is 0 Å². The first-order chi connectivity index (χ1) is 11.1. The van der Waals surface area contributed by atoms with E-state index in [1.165, 1.54) is 36.7 Å². The number of anilines is 2. The van der Waals surface area contributed by atoms with Gasteiger partial charge in [0, 0.05) is 31.2 Å². The molecule has 0 aliphatic carbocycles. The van der Waals surface area contributed by atoms with Gasteiger partial charge in [-0.3, -0.25) is 4.79 Å². The maximum absolute atomic E-state index is 12.9. The van der Waals surface area contributed by atoms with Crippen molar-refractivity contribution < 1.29 is 9.18 Å². The summed E-state index contributed by atoms with van der Waals surface area (Å²) in [6.45, 7) is 5.98. The highest BCUT2D eigenvalue weighted by Gasteiger charge is 2.11. The Balaban J connectivity index is 2.05. The Morgan fingerprint density at radius 3 is 2.17 bits per heavy atom. The predicted molar refractivity (Wildman–Crippen MR) is 89.2 cm³/mol. The molecule has 0 fully saturated rings. The number of benzene rings is 1. The summed E-state index contributed by atoms with van der Waals surface area (Å²) in [5, 5.41) is 2.69. The van der Waals surface area contributed by atoms with Crippen LogP contribution in [0.15, 0.2) is 36.7 Å². The van der Waals surface area contributed by atoms with Gasteiger partial charge >= 0.3 is 0 Å². The van der Waals surface area contributed by atoms with Crippen molar-refractivity contribution in [3.8, 4) is 0 Å². The standard InChI is InChI=1S/C17H21FN4O/c1-3-9-22(10-4-2)17-19-11-13(12-20-17)16(23)21-15-7-5-14(18)6-8-15/h5-8,11-12H,3-4,9-10H2,1-2H3,(H,21,23). The van der Waals surface area contributed by atoms with Crippen molar-refractivity contribution in [1.29, 1.82) is 0 Å².